The van der Waals surface area contributed by atoms with Crippen LogP contribution in [0.2, 0.25) is 5.02 Å². The number of methoxy groups -OCH3 is 1. The number of anilines is 1. The Balaban J connectivity index is 3.05. The van der Waals surface area contributed by atoms with Crippen LogP contribution in [0.5, 0.6) is 5.75 Å². The number of primary amides is 1. The van der Waals surface area contributed by atoms with Crippen molar-refractivity contribution in [2.24, 2.45) is 5.73 Å². The Labute approximate surface area is 99.9 Å². The highest BCUT2D eigenvalue weighted by atomic mass is 35.5. The molecular formula is C11H15ClN2O2. The molecule has 0 aromatic heterocycles. The number of nitrogens with two attached hydrogens (primary N) is 1. The highest BCUT2D eigenvalue weighted by Crippen LogP contribution is 2.32. The van der Waals surface area contributed by atoms with E-state index in [1.807, 2.05) is 13.0 Å². The zero-order valence-electron chi connectivity index (χ0n) is 9.58. The van der Waals surface area contributed by atoms with Gasteiger partial charge in [-0.25, -0.2) is 0 Å². The largest absolute Gasteiger partial charge is 0.495 e. The van der Waals surface area contributed by atoms with Gasteiger partial charge in [-0.3, -0.25) is 4.79 Å². The molecule has 0 aliphatic carbocycles. The van der Waals surface area contributed by atoms with Gasteiger partial charge in [-0.05, 0) is 24.6 Å². The number of carbonyl (C=O) groups excluding carboxylic acids is 1. The van der Waals surface area contributed by atoms with Crippen molar-refractivity contribution in [3.8, 4) is 5.75 Å². The van der Waals surface area contributed by atoms with Crippen LogP contribution in [0.15, 0.2) is 12.1 Å². The minimum atomic E-state index is -0.381. The summed E-state index contributed by atoms with van der Waals surface area (Å²) in [5, 5.41) is 0.513. The minimum Gasteiger partial charge on any atom is -0.495 e. The standard InChI is InChI=1S/C11H15ClN2O2/c1-7-4-10(16-3)8(12)5-9(7)14(2)6-11(13)15/h4-5H,6H2,1-3H3,(H2,13,15). The SMILES string of the molecule is COc1cc(C)c(N(C)CC(N)=O)cc1Cl. The lowest BCUT2D eigenvalue weighted by atomic mass is 10.1. The van der Waals surface area contributed by atoms with Crippen molar-refractivity contribution in [1.29, 1.82) is 0 Å². The van der Waals surface area contributed by atoms with Gasteiger partial charge in [-0.2, -0.15) is 0 Å². The Hall–Kier alpha value is -1.42. The van der Waals surface area contributed by atoms with Gasteiger partial charge in [0, 0.05) is 12.7 Å². The van der Waals surface area contributed by atoms with Crippen LogP contribution in [0.1, 0.15) is 5.56 Å². The third-order valence-electron chi connectivity index (χ3n) is 2.27. The van der Waals surface area contributed by atoms with Crippen molar-refractivity contribution in [3.63, 3.8) is 0 Å². The first-order chi connectivity index (χ1) is 7.45. The predicted octanol–water partition coefficient (Wildman–Crippen LogP) is 1.58. The van der Waals surface area contributed by atoms with Gasteiger partial charge in [0.05, 0.1) is 18.7 Å². The number of amides is 1. The van der Waals surface area contributed by atoms with E-state index in [1.165, 1.54) is 0 Å². The third kappa shape index (κ3) is 2.79. The van der Waals surface area contributed by atoms with Crippen molar-refractivity contribution in [2.45, 2.75) is 6.92 Å². The van der Waals surface area contributed by atoms with Crippen molar-refractivity contribution in [3.05, 3.63) is 22.7 Å². The molecule has 16 heavy (non-hydrogen) atoms. The lowest BCUT2D eigenvalue weighted by Crippen LogP contribution is -2.30. The van der Waals surface area contributed by atoms with Crippen molar-refractivity contribution in [1.82, 2.24) is 0 Å². The maximum atomic E-state index is 10.8. The topological polar surface area (TPSA) is 55.6 Å². The summed E-state index contributed by atoms with van der Waals surface area (Å²) in [4.78, 5) is 12.6. The number of ether oxygens (including phenoxy) is 1. The summed E-state index contributed by atoms with van der Waals surface area (Å²) in [5.74, 6) is 0.240. The smallest absolute Gasteiger partial charge is 0.236 e. The van der Waals surface area contributed by atoms with Gasteiger partial charge in [-0.1, -0.05) is 11.6 Å². The molecule has 4 nitrogen and oxygen atoms in total. The lowest BCUT2D eigenvalue weighted by molar-refractivity contribution is -0.116. The van der Waals surface area contributed by atoms with Crippen molar-refractivity contribution >= 4 is 23.2 Å². The first-order valence-corrected chi connectivity index (χ1v) is 5.17. The maximum Gasteiger partial charge on any atom is 0.236 e. The molecule has 0 fully saturated rings. The molecule has 0 bridgehead atoms. The second-order valence-corrected chi connectivity index (χ2v) is 4.00. The number of nitrogens with zero attached hydrogens (tertiary/aromatic N) is 1. The quantitative estimate of drug-likeness (QED) is 0.872. The van der Waals surface area contributed by atoms with Crippen LogP contribution in [-0.4, -0.2) is 26.6 Å². The Morgan fingerprint density at radius 1 is 1.56 bits per heavy atom. The number of hydrogen-bond donors (Lipinski definition) is 1. The van der Waals surface area contributed by atoms with Gasteiger partial charge in [0.1, 0.15) is 5.75 Å². The highest BCUT2D eigenvalue weighted by Gasteiger charge is 2.11. The zero-order chi connectivity index (χ0) is 12.3. The summed E-state index contributed by atoms with van der Waals surface area (Å²) in [6, 6.07) is 3.59. The van der Waals surface area contributed by atoms with Crippen LogP contribution in [0, 0.1) is 6.92 Å². The normalized spacial score (nSPS) is 10.0. The Bertz CT molecular complexity index is 407. The highest BCUT2D eigenvalue weighted by molar-refractivity contribution is 6.32. The Morgan fingerprint density at radius 3 is 2.69 bits per heavy atom. The average Bonchev–Trinajstić information content (AvgIpc) is 2.19. The van der Waals surface area contributed by atoms with Gasteiger partial charge in [0.15, 0.2) is 0 Å². The molecule has 0 radical (unpaired) electrons. The number of halogens is 1. The summed E-state index contributed by atoms with van der Waals surface area (Å²) < 4.78 is 5.10. The van der Waals surface area contributed by atoms with E-state index >= 15 is 0 Å². The van der Waals surface area contributed by atoms with E-state index in [1.54, 1.807) is 25.1 Å². The molecule has 0 spiro atoms. The average molecular weight is 243 g/mol. The molecule has 1 aromatic carbocycles. The summed E-state index contributed by atoms with van der Waals surface area (Å²) in [5.41, 5.74) is 6.98. The second kappa shape index (κ2) is 5.07. The minimum absolute atomic E-state index is 0.156. The third-order valence-corrected chi connectivity index (χ3v) is 2.57. The Kier molecular flexibility index (Phi) is 4.01. The maximum absolute atomic E-state index is 10.8. The van der Waals surface area contributed by atoms with E-state index in [2.05, 4.69) is 0 Å². The summed E-state index contributed by atoms with van der Waals surface area (Å²) in [6.45, 7) is 2.08. The molecule has 0 aliphatic rings. The molecule has 0 atom stereocenters. The number of rotatable bonds is 4. The van der Waals surface area contributed by atoms with Crippen molar-refractivity contribution < 1.29 is 9.53 Å². The van der Waals surface area contributed by atoms with Crippen LogP contribution in [-0.2, 0) is 4.79 Å². The first kappa shape index (κ1) is 12.6. The van der Waals surface area contributed by atoms with Gasteiger partial charge in [0.25, 0.3) is 0 Å². The molecule has 5 heteroatoms. The fraction of sp³-hybridized carbons (Fsp3) is 0.364. The van der Waals surface area contributed by atoms with E-state index < -0.39 is 0 Å². The molecule has 1 rings (SSSR count). The number of carbonyl (C=O) groups is 1. The van der Waals surface area contributed by atoms with E-state index in [0.717, 1.165) is 11.3 Å². The summed E-state index contributed by atoms with van der Waals surface area (Å²) in [6.07, 6.45) is 0. The molecule has 2 N–H and O–H groups in total. The zero-order valence-corrected chi connectivity index (χ0v) is 10.3. The van der Waals surface area contributed by atoms with Crippen molar-refractivity contribution in [2.75, 3.05) is 25.6 Å². The van der Waals surface area contributed by atoms with Gasteiger partial charge in [0.2, 0.25) is 5.91 Å². The molecule has 1 amide bonds. The molecule has 0 aliphatic heterocycles. The Morgan fingerprint density at radius 2 is 2.19 bits per heavy atom. The van der Waals surface area contributed by atoms with E-state index in [0.29, 0.717) is 10.8 Å². The first-order valence-electron chi connectivity index (χ1n) is 4.79. The number of hydrogen-bond acceptors (Lipinski definition) is 3. The van der Waals surface area contributed by atoms with Crippen LogP contribution >= 0.6 is 11.6 Å². The van der Waals surface area contributed by atoms with Gasteiger partial charge >= 0.3 is 0 Å². The molecule has 88 valence electrons. The predicted molar refractivity (Wildman–Crippen MR) is 65.2 cm³/mol. The van der Waals surface area contributed by atoms with Crippen LogP contribution in [0.25, 0.3) is 0 Å². The number of likely N-dealkylation sites (N-methyl/N-ethyl adjacent to an activating group) is 1. The van der Waals surface area contributed by atoms with Gasteiger partial charge < -0.3 is 15.4 Å². The fourth-order valence-electron chi connectivity index (χ4n) is 1.53. The lowest BCUT2D eigenvalue weighted by Gasteiger charge is -2.20. The molecule has 0 unspecified atom stereocenters. The van der Waals surface area contributed by atoms with Crippen LogP contribution < -0.4 is 15.4 Å². The molecular weight excluding hydrogens is 228 g/mol. The van der Waals surface area contributed by atoms with E-state index in [9.17, 15) is 4.79 Å². The summed E-state index contributed by atoms with van der Waals surface area (Å²) >= 11 is 6.01. The molecule has 0 saturated carbocycles. The van der Waals surface area contributed by atoms with Crippen LogP contribution in [0.3, 0.4) is 0 Å². The fourth-order valence-corrected chi connectivity index (χ4v) is 1.77. The van der Waals surface area contributed by atoms with Crippen LogP contribution in [0.4, 0.5) is 5.69 Å². The number of benzene rings is 1. The van der Waals surface area contributed by atoms with E-state index in [4.69, 9.17) is 22.1 Å². The molecule has 0 saturated heterocycles. The second-order valence-electron chi connectivity index (χ2n) is 3.60. The number of aryl methyl sites for hydroxylation is 1. The van der Waals surface area contributed by atoms with E-state index in [-0.39, 0.29) is 12.5 Å². The summed E-state index contributed by atoms with van der Waals surface area (Å²) in [7, 11) is 3.35. The molecule has 0 heterocycles. The monoisotopic (exact) mass is 242 g/mol. The molecule has 1 aromatic rings. The van der Waals surface area contributed by atoms with Gasteiger partial charge in [-0.15, -0.1) is 0 Å².